The number of hydrogen-bond donors (Lipinski definition) is 0. The molecule has 0 aromatic heterocycles. The molecule has 0 amide bonds. The largest absolute Gasteiger partial charge is 0.379 e. The Bertz CT molecular complexity index is 542. The molecule has 9 atom stereocenters. The first-order valence-corrected chi connectivity index (χ1v) is 13.5. The van der Waals surface area contributed by atoms with Crippen LogP contribution in [0, 0.1) is 46.3 Å². The summed E-state index contributed by atoms with van der Waals surface area (Å²) in [4.78, 5) is 0. The maximum atomic E-state index is 5.97. The van der Waals surface area contributed by atoms with Crippen LogP contribution in [0.3, 0.4) is 0 Å². The minimum atomic E-state index is 0.435. The van der Waals surface area contributed by atoms with Gasteiger partial charge in [-0.2, -0.15) is 0 Å². The van der Waals surface area contributed by atoms with Crippen molar-refractivity contribution in [3.05, 3.63) is 0 Å². The molecule has 4 aliphatic rings. The van der Waals surface area contributed by atoms with Gasteiger partial charge in [0, 0.05) is 6.61 Å². The second kappa shape index (κ2) is 8.84. The van der Waals surface area contributed by atoms with E-state index in [2.05, 4.69) is 34.6 Å². The third kappa shape index (κ3) is 3.96. The van der Waals surface area contributed by atoms with Crippen LogP contribution in [0.2, 0.25) is 0 Å². The van der Waals surface area contributed by atoms with Gasteiger partial charge in [0.1, 0.15) is 0 Å². The summed E-state index contributed by atoms with van der Waals surface area (Å²) in [5.41, 5.74) is 1.33. The van der Waals surface area contributed by atoms with Gasteiger partial charge in [-0.05, 0) is 124 Å². The Kier molecular flexibility index (Phi) is 6.75. The molecule has 0 radical (unpaired) electrons. The maximum Gasteiger partial charge on any atom is 0.0544 e. The van der Waals surface area contributed by atoms with E-state index in [9.17, 15) is 0 Å². The van der Waals surface area contributed by atoms with Crippen molar-refractivity contribution in [2.75, 3.05) is 6.61 Å². The highest BCUT2D eigenvalue weighted by atomic mass is 16.5. The summed E-state index contributed by atoms with van der Waals surface area (Å²) < 4.78 is 5.97. The van der Waals surface area contributed by atoms with Crippen LogP contribution in [0.25, 0.3) is 0 Å². The van der Waals surface area contributed by atoms with Crippen molar-refractivity contribution in [2.24, 2.45) is 46.3 Å². The summed E-state index contributed by atoms with van der Waals surface area (Å²) in [5.74, 6) is 6.04. The van der Waals surface area contributed by atoms with Crippen LogP contribution < -0.4 is 0 Å². The van der Waals surface area contributed by atoms with Crippen molar-refractivity contribution in [3.63, 3.8) is 0 Å². The molecule has 1 unspecified atom stereocenters. The lowest BCUT2D eigenvalue weighted by Gasteiger charge is -2.61. The van der Waals surface area contributed by atoms with Crippen LogP contribution in [0.4, 0.5) is 0 Å². The molecule has 0 aliphatic heterocycles. The van der Waals surface area contributed by atoms with E-state index < -0.39 is 0 Å². The van der Waals surface area contributed by atoms with E-state index in [-0.39, 0.29) is 0 Å². The van der Waals surface area contributed by atoms with E-state index in [4.69, 9.17) is 4.74 Å². The molecule has 0 heterocycles. The van der Waals surface area contributed by atoms with Crippen LogP contribution in [-0.2, 0) is 4.74 Å². The molecule has 4 aliphatic carbocycles. The lowest BCUT2D eigenvalue weighted by atomic mass is 9.44. The molecule has 0 bridgehead atoms. The topological polar surface area (TPSA) is 9.23 Å². The summed E-state index contributed by atoms with van der Waals surface area (Å²) in [6.45, 7) is 13.4. The normalized spacial score (nSPS) is 46.4. The standard InChI is InChI=1S/C28H50O/c1-6-21(3)29-19-9-10-20(2)24-14-15-25-23-13-12-22-11-7-8-17-27(22,4)26(23)16-18-28(24,25)5/h20-26H,6-19H2,1-5H3/t20-,21?,22+,23+,24-,25+,26+,27+,28-/m1/s1. The summed E-state index contributed by atoms with van der Waals surface area (Å²) in [6, 6.07) is 0. The SMILES string of the molecule is CCC(C)OCCC[C@@H](C)[C@H]1CC[C@H]2[C@@H]3CC[C@@H]4CCCC[C@]4(C)[C@H]3CC[C@]12C. The van der Waals surface area contributed by atoms with Gasteiger partial charge in [-0.15, -0.1) is 0 Å². The first-order chi connectivity index (χ1) is 13.9. The Balaban J connectivity index is 1.39. The van der Waals surface area contributed by atoms with Crippen molar-refractivity contribution >= 4 is 0 Å². The molecule has 168 valence electrons. The molecular weight excluding hydrogens is 352 g/mol. The zero-order chi connectivity index (χ0) is 20.6. The molecule has 0 aromatic rings. The average Bonchev–Trinajstić information content (AvgIpc) is 3.07. The molecule has 0 aromatic carbocycles. The van der Waals surface area contributed by atoms with Crippen LogP contribution >= 0.6 is 0 Å². The van der Waals surface area contributed by atoms with Gasteiger partial charge in [0.15, 0.2) is 0 Å². The van der Waals surface area contributed by atoms with E-state index >= 15 is 0 Å². The minimum absolute atomic E-state index is 0.435. The van der Waals surface area contributed by atoms with Gasteiger partial charge in [0.2, 0.25) is 0 Å². The highest BCUT2D eigenvalue weighted by Gasteiger charge is 2.59. The number of fused-ring (bicyclic) bond motifs is 5. The number of rotatable bonds is 7. The van der Waals surface area contributed by atoms with Crippen LogP contribution in [0.15, 0.2) is 0 Å². The lowest BCUT2D eigenvalue weighted by molar-refractivity contribution is -0.114. The van der Waals surface area contributed by atoms with Gasteiger partial charge in [-0.1, -0.05) is 40.5 Å². The molecule has 0 spiro atoms. The van der Waals surface area contributed by atoms with Gasteiger partial charge < -0.3 is 4.74 Å². The van der Waals surface area contributed by atoms with Crippen molar-refractivity contribution in [2.45, 2.75) is 124 Å². The molecule has 4 saturated carbocycles. The smallest absolute Gasteiger partial charge is 0.0544 e. The fourth-order valence-corrected chi connectivity index (χ4v) is 9.28. The Morgan fingerprint density at radius 1 is 0.862 bits per heavy atom. The van der Waals surface area contributed by atoms with E-state index in [1.807, 2.05) is 0 Å². The zero-order valence-electron chi connectivity index (χ0n) is 20.3. The summed E-state index contributed by atoms with van der Waals surface area (Å²) in [5, 5.41) is 0. The maximum absolute atomic E-state index is 5.97. The minimum Gasteiger partial charge on any atom is -0.379 e. The van der Waals surface area contributed by atoms with E-state index in [0.717, 1.165) is 48.5 Å². The first kappa shape index (κ1) is 22.2. The molecule has 4 fully saturated rings. The number of hydrogen-bond acceptors (Lipinski definition) is 1. The predicted octanol–water partition coefficient (Wildman–Crippen LogP) is 8.27. The van der Waals surface area contributed by atoms with Crippen LogP contribution in [0.1, 0.15) is 118 Å². The number of ether oxygens (including phenoxy) is 1. The first-order valence-electron chi connectivity index (χ1n) is 13.5. The third-order valence-electron chi connectivity index (χ3n) is 11.1. The van der Waals surface area contributed by atoms with Gasteiger partial charge >= 0.3 is 0 Å². The molecular formula is C28H50O. The van der Waals surface area contributed by atoms with Crippen LogP contribution in [-0.4, -0.2) is 12.7 Å². The van der Waals surface area contributed by atoms with Crippen LogP contribution in [0.5, 0.6) is 0 Å². The Hall–Kier alpha value is -0.0400. The summed E-state index contributed by atoms with van der Waals surface area (Å²) in [7, 11) is 0. The Morgan fingerprint density at radius 3 is 2.45 bits per heavy atom. The third-order valence-corrected chi connectivity index (χ3v) is 11.1. The van der Waals surface area contributed by atoms with E-state index in [0.29, 0.717) is 16.9 Å². The molecule has 1 heteroatoms. The second-order valence-corrected chi connectivity index (χ2v) is 12.3. The average molecular weight is 403 g/mol. The summed E-state index contributed by atoms with van der Waals surface area (Å²) >= 11 is 0. The van der Waals surface area contributed by atoms with Crippen molar-refractivity contribution in [1.29, 1.82) is 0 Å². The second-order valence-electron chi connectivity index (χ2n) is 12.3. The van der Waals surface area contributed by atoms with E-state index in [1.165, 1.54) is 51.4 Å². The Labute approximate surface area is 182 Å². The van der Waals surface area contributed by atoms with Gasteiger partial charge in [0.25, 0.3) is 0 Å². The predicted molar refractivity (Wildman–Crippen MR) is 124 cm³/mol. The highest BCUT2D eigenvalue weighted by molar-refractivity contribution is 5.09. The fraction of sp³-hybridized carbons (Fsp3) is 1.00. The van der Waals surface area contributed by atoms with Crippen molar-refractivity contribution in [3.8, 4) is 0 Å². The van der Waals surface area contributed by atoms with E-state index in [1.54, 1.807) is 25.7 Å². The molecule has 4 rings (SSSR count). The molecule has 29 heavy (non-hydrogen) atoms. The van der Waals surface area contributed by atoms with Gasteiger partial charge in [-0.25, -0.2) is 0 Å². The van der Waals surface area contributed by atoms with Gasteiger partial charge in [-0.3, -0.25) is 0 Å². The summed E-state index contributed by atoms with van der Waals surface area (Å²) in [6.07, 6.45) is 19.6. The Morgan fingerprint density at radius 2 is 1.66 bits per heavy atom. The zero-order valence-corrected chi connectivity index (χ0v) is 20.3. The van der Waals surface area contributed by atoms with Crippen molar-refractivity contribution in [1.82, 2.24) is 0 Å². The molecule has 1 nitrogen and oxygen atoms in total. The molecule has 0 saturated heterocycles. The fourth-order valence-electron chi connectivity index (χ4n) is 9.28. The monoisotopic (exact) mass is 402 g/mol. The molecule has 0 N–H and O–H groups in total. The van der Waals surface area contributed by atoms with Crippen molar-refractivity contribution < 1.29 is 4.74 Å². The van der Waals surface area contributed by atoms with Gasteiger partial charge in [0.05, 0.1) is 6.10 Å². The lowest BCUT2D eigenvalue weighted by Crippen LogP contribution is -2.53. The highest BCUT2D eigenvalue weighted by Crippen LogP contribution is 2.68. The quantitative estimate of drug-likeness (QED) is 0.389.